The number of hydrogen-bond acceptors (Lipinski definition) is 2. The van der Waals surface area contributed by atoms with Crippen molar-refractivity contribution < 1.29 is 5.11 Å². The van der Waals surface area contributed by atoms with Gasteiger partial charge in [0.15, 0.2) is 0 Å². The van der Waals surface area contributed by atoms with Crippen LogP contribution in [0.15, 0.2) is 24.3 Å². The molecule has 1 rings (SSSR count). The van der Waals surface area contributed by atoms with Gasteiger partial charge in [-0.2, -0.15) is 0 Å². The van der Waals surface area contributed by atoms with Crippen LogP contribution in [0, 0.1) is 6.92 Å². The van der Waals surface area contributed by atoms with Crippen LogP contribution in [0.5, 0.6) is 0 Å². The molecule has 0 amide bonds. The van der Waals surface area contributed by atoms with Gasteiger partial charge in [-0.1, -0.05) is 18.2 Å². The molecule has 15 heavy (non-hydrogen) atoms. The number of benzene rings is 1. The number of aliphatic hydroxyl groups is 1. The summed E-state index contributed by atoms with van der Waals surface area (Å²) in [6.45, 7) is 9.03. The van der Waals surface area contributed by atoms with E-state index in [4.69, 9.17) is 0 Å². The molecule has 2 nitrogen and oxygen atoms in total. The highest BCUT2D eigenvalue weighted by atomic mass is 16.3. The number of nitrogens with zero attached hydrogens (tertiary/aromatic N) is 1. The van der Waals surface area contributed by atoms with Crippen molar-refractivity contribution in [1.29, 1.82) is 0 Å². The first-order valence-corrected chi connectivity index (χ1v) is 5.58. The number of para-hydroxylation sites is 1. The van der Waals surface area contributed by atoms with E-state index >= 15 is 0 Å². The van der Waals surface area contributed by atoms with E-state index in [0.717, 1.165) is 6.54 Å². The van der Waals surface area contributed by atoms with Crippen LogP contribution in [-0.2, 0) is 0 Å². The highest BCUT2D eigenvalue weighted by molar-refractivity contribution is 5.53. The summed E-state index contributed by atoms with van der Waals surface area (Å²) in [5, 5.41) is 9.63. The quantitative estimate of drug-likeness (QED) is 0.820. The predicted molar refractivity (Wildman–Crippen MR) is 65.3 cm³/mol. The molecular formula is C13H21NO. The molecule has 1 aromatic rings. The van der Waals surface area contributed by atoms with Crippen molar-refractivity contribution in [3.05, 3.63) is 29.8 Å². The minimum Gasteiger partial charge on any atom is -0.391 e. The minimum absolute atomic E-state index is 0.149. The normalized spacial score (nSPS) is 14.7. The van der Waals surface area contributed by atoms with Crippen LogP contribution in [0.25, 0.3) is 0 Å². The number of hydrogen-bond donors (Lipinski definition) is 1. The summed E-state index contributed by atoms with van der Waals surface area (Å²) >= 11 is 0. The molecule has 1 aromatic carbocycles. The Morgan fingerprint density at radius 3 is 2.33 bits per heavy atom. The Kier molecular flexibility index (Phi) is 4.15. The van der Waals surface area contributed by atoms with Crippen LogP contribution in [0.4, 0.5) is 5.69 Å². The minimum atomic E-state index is -0.315. The predicted octanol–water partition coefficient (Wildman–Crippen LogP) is 2.59. The lowest BCUT2D eigenvalue weighted by molar-refractivity contribution is 0.166. The van der Waals surface area contributed by atoms with Crippen molar-refractivity contribution >= 4 is 5.69 Å². The van der Waals surface area contributed by atoms with Crippen molar-refractivity contribution in [2.45, 2.75) is 39.8 Å². The Morgan fingerprint density at radius 2 is 1.87 bits per heavy atom. The van der Waals surface area contributed by atoms with Crippen LogP contribution >= 0.6 is 0 Å². The molecule has 2 atom stereocenters. The average molecular weight is 207 g/mol. The lowest BCUT2D eigenvalue weighted by Crippen LogP contribution is -2.40. The molecule has 0 aliphatic carbocycles. The molecule has 2 heteroatoms. The SMILES string of the molecule is CCN(c1ccccc1C)C(C)C(C)O. The van der Waals surface area contributed by atoms with Crippen molar-refractivity contribution in [1.82, 2.24) is 0 Å². The van der Waals surface area contributed by atoms with Crippen LogP contribution < -0.4 is 4.90 Å². The smallest absolute Gasteiger partial charge is 0.0712 e. The van der Waals surface area contributed by atoms with Crippen LogP contribution in [0.1, 0.15) is 26.3 Å². The topological polar surface area (TPSA) is 23.5 Å². The average Bonchev–Trinajstić information content (AvgIpc) is 2.21. The summed E-state index contributed by atoms with van der Waals surface area (Å²) in [4.78, 5) is 2.24. The standard InChI is InChI=1S/C13H21NO/c1-5-14(11(3)12(4)15)13-9-7-6-8-10(13)2/h6-9,11-12,15H,5H2,1-4H3. The van der Waals surface area contributed by atoms with E-state index < -0.39 is 0 Å². The molecule has 0 saturated carbocycles. The zero-order valence-electron chi connectivity index (χ0n) is 10.1. The number of anilines is 1. The highest BCUT2D eigenvalue weighted by Crippen LogP contribution is 2.22. The Balaban J connectivity index is 2.97. The molecule has 0 aromatic heterocycles. The van der Waals surface area contributed by atoms with Crippen molar-refractivity contribution in [3.63, 3.8) is 0 Å². The maximum Gasteiger partial charge on any atom is 0.0712 e. The number of likely N-dealkylation sites (N-methyl/N-ethyl adjacent to an activating group) is 1. The van der Waals surface area contributed by atoms with Gasteiger partial charge in [0, 0.05) is 12.2 Å². The van der Waals surface area contributed by atoms with E-state index in [0.29, 0.717) is 0 Å². The summed E-state index contributed by atoms with van der Waals surface area (Å²) in [7, 11) is 0. The zero-order valence-corrected chi connectivity index (χ0v) is 10.1. The van der Waals surface area contributed by atoms with E-state index in [2.05, 4.69) is 37.8 Å². The van der Waals surface area contributed by atoms with Crippen LogP contribution in [0.3, 0.4) is 0 Å². The third kappa shape index (κ3) is 2.72. The zero-order chi connectivity index (χ0) is 11.4. The Bertz CT molecular complexity index is 309. The molecule has 84 valence electrons. The second-order valence-corrected chi connectivity index (χ2v) is 4.05. The third-order valence-corrected chi connectivity index (χ3v) is 2.96. The van der Waals surface area contributed by atoms with Crippen molar-refractivity contribution in [2.24, 2.45) is 0 Å². The molecule has 0 aliphatic heterocycles. The molecule has 0 spiro atoms. The Labute approximate surface area is 92.5 Å². The largest absolute Gasteiger partial charge is 0.391 e. The summed E-state index contributed by atoms with van der Waals surface area (Å²) in [6, 6.07) is 8.44. The van der Waals surface area contributed by atoms with Crippen LogP contribution in [-0.4, -0.2) is 23.8 Å². The molecule has 0 radical (unpaired) electrons. The first-order chi connectivity index (χ1) is 7.07. The third-order valence-electron chi connectivity index (χ3n) is 2.96. The van der Waals surface area contributed by atoms with Gasteiger partial charge in [-0.15, -0.1) is 0 Å². The molecule has 0 bridgehead atoms. The molecule has 1 N–H and O–H groups in total. The lowest BCUT2D eigenvalue weighted by atomic mass is 10.1. The number of aryl methyl sites for hydroxylation is 1. The first kappa shape index (κ1) is 12.1. The molecule has 0 heterocycles. The maximum absolute atomic E-state index is 9.63. The lowest BCUT2D eigenvalue weighted by Gasteiger charge is -2.33. The van der Waals surface area contributed by atoms with Gasteiger partial charge in [0.25, 0.3) is 0 Å². The van der Waals surface area contributed by atoms with Crippen molar-refractivity contribution in [2.75, 3.05) is 11.4 Å². The fourth-order valence-electron chi connectivity index (χ4n) is 1.82. The van der Waals surface area contributed by atoms with Gasteiger partial charge in [0.1, 0.15) is 0 Å². The van der Waals surface area contributed by atoms with Gasteiger partial charge in [0.2, 0.25) is 0 Å². The molecule has 0 fully saturated rings. The fourth-order valence-corrected chi connectivity index (χ4v) is 1.82. The van der Waals surface area contributed by atoms with E-state index in [1.54, 1.807) is 0 Å². The van der Waals surface area contributed by atoms with Crippen LogP contribution in [0.2, 0.25) is 0 Å². The molecular weight excluding hydrogens is 186 g/mol. The highest BCUT2D eigenvalue weighted by Gasteiger charge is 2.18. The van der Waals surface area contributed by atoms with E-state index in [1.165, 1.54) is 11.3 Å². The summed E-state index contributed by atoms with van der Waals surface area (Å²) < 4.78 is 0. The second kappa shape index (κ2) is 5.17. The Hall–Kier alpha value is -1.02. The summed E-state index contributed by atoms with van der Waals surface area (Å²) in [6.07, 6.45) is -0.315. The van der Waals surface area contributed by atoms with E-state index in [-0.39, 0.29) is 12.1 Å². The molecule has 0 saturated heterocycles. The van der Waals surface area contributed by atoms with E-state index in [9.17, 15) is 5.11 Å². The van der Waals surface area contributed by atoms with Gasteiger partial charge in [-0.3, -0.25) is 0 Å². The van der Waals surface area contributed by atoms with E-state index in [1.807, 2.05) is 19.1 Å². The van der Waals surface area contributed by atoms with Crippen molar-refractivity contribution in [3.8, 4) is 0 Å². The van der Waals surface area contributed by atoms with Gasteiger partial charge >= 0.3 is 0 Å². The van der Waals surface area contributed by atoms with Gasteiger partial charge < -0.3 is 10.0 Å². The fraction of sp³-hybridized carbons (Fsp3) is 0.538. The monoisotopic (exact) mass is 207 g/mol. The van der Waals surface area contributed by atoms with Gasteiger partial charge in [-0.25, -0.2) is 0 Å². The van der Waals surface area contributed by atoms with Gasteiger partial charge in [0.05, 0.1) is 12.1 Å². The Morgan fingerprint density at radius 1 is 1.27 bits per heavy atom. The first-order valence-electron chi connectivity index (χ1n) is 5.58. The molecule has 0 aliphatic rings. The number of rotatable bonds is 4. The summed E-state index contributed by atoms with van der Waals surface area (Å²) in [5.74, 6) is 0. The summed E-state index contributed by atoms with van der Waals surface area (Å²) in [5.41, 5.74) is 2.47. The second-order valence-electron chi connectivity index (χ2n) is 4.05. The number of aliphatic hydroxyl groups excluding tert-OH is 1. The van der Waals surface area contributed by atoms with Gasteiger partial charge in [-0.05, 0) is 39.3 Å². The molecule has 2 unspecified atom stereocenters. The maximum atomic E-state index is 9.63.